The van der Waals surface area contributed by atoms with Crippen LogP contribution in [0.25, 0.3) is 11.3 Å². The van der Waals surface area contributed by atoms with Gasteiger partial charge in [-0.3, -0.25) is 9.88 Å². The number of aromatic nitrogens is 3. The van der Waals surface area contributed by atoms with Crippen LogP contribution < -0.4 is 0 Å². The summed E-state index contributed by atoms with van der Waals surface area (Å²) < 4.78 is 8.67. The predicted octanol–water partition coefficient (Wildman–Crippen LogP) is 3.18. The second-order valence-electron chi connectivity index (χ2n) is 6.95. The molecule has 1 saturated heterocycles. The van der Waals surface area contributed by atoms with E-state index in [0.29, 0.717) is 6.61 Å². The second-order valence-corrected chi connectivity index (χ2v) is 7.73. The van der Waals surface area contributed by atoms with E-state index in [9.17, 15) is 0 Å². The highest BCUT2D eigenvalue weighted by Crippen LogP contribution is 2.35. The lowest BCUT2D eigenvalue weighted by Gasteiger charge is -2.35. The number of hydrogen-bond donors (Lipinski definition) is 0. The summed E-state index contributed by atoms with van der Waals surface area (Å²) in [5.41, 5.74) is 3.63. The fourth-order valence-corrected chi connectivity index (χ4v) is 4.61. The molecule has 6 heteroatoms. The van der Waals surface area contributed by atoms with Crippen LogP contribution in [-0.2, 0) is 24.4 Å². The molecular formula is C19H20N4OS. The highest BCUT2D eigenvalue weighted by atomic mass is 32.1. The van der Waals surface area contributed by atoms with E-state index >= 15 is 0 Å². The molecule has 0 unspecified atom stereocenters. The Balaban J connectivity index is 1.36. The maximum absolute atomic E-state index is 6.31. The molecule has 5 rings (SSSR count). The summed E-state index contributed by atoms with van der Waals surface area (Å²) in [7, 11) is 0. The van der Waals surface area contributed by atoms with Gasteiger partial charge in [-0.05, 0) is 29.5 Å². The minimum absolute atomic E-state index is 0.0965. The number of rotatable bonds is 3. The summed E-state index contributed by atoms with van der Waals surface area (Å²) in [6.07, 6.45) is 6.83. The van der Waals surface area contributed by atoms with Gasteiger partial charge in [-0.2, -0.15) is 11.3 Å². The van der Waals surface area contributed by atoms with Gasteiger partial charge in [-0.1, -0.05) is 6.07 Å². The van der Waals surface area contributed by atoms with Crippen LogP contribution >= 0.6 is 11.3 Å². The summed E-state index contributed by atoms with van der Waals surface area (Å²) in [5.74, 6) is 1.04. The summed E-state index contributed by atoms with van der Waals surface area (Å²) in [6, 6.07) is 6.31. The fraction of sp³-hybridized carbons (Fsp3) is 0.368. The molecule has 3 aromatic heterocycles. The molecule has 0 aromatic carbocycles. The average molecular weight is 352 g/mol. The third-order valence-corrected chi connectivity index (χ3v) is 5.92. The van der Waals surface area contributed by atoms with Gasteiger partial charge in [0.1, 0.15) is 18.0 Å². The molecule has 0 amide bonds. The van der Waals surface area contributed by atoms with Gasteiger partial charge in [-0.25, -0.2) is 4.98 Å². The van der Waals surface area contributed by atoms with Crippen molar-refractivity contribution in [1.82, 2.24) is 19.4 Å². The molecule has 0 radical (unpaired) electrons. The van der Waals surface area contributed by atoms with Crippen molar-refractivity contribution in [3.05, 3.63) is 58.9 Å². The average Bonchev–Trinajstić information content (AvgIpc) is 3.36. The molecule has 5 nitrogen and oxygen atoms in total. The number of pyridine rings is 1. The quantitative estimate of drug-likeness (QED) is 0.726. The van der Waals surface area contributed by atoms with Gasteiger partial charge in [0.2, 0.25) is 0 Å². The van der Waals surface area contributed by atoms with Crippen LogP contribution in [0.4, 0.5) is 0 Å². The Bertz CT molecular complexity index is 861. The molecule has 1 fully saturated rings. The van der Waals surface area contributed by atoms with Gasteiger partial charge in [-0.15, -0.1) is 0 Å². The minimum Gasteiger partial charge on any atom is -0.364 e. The molecule has 1 spiro atoms. The van der Waals surface area contributed by atoms with E-state index in [4.69, 9.17) is 4.74 Å². The van der Waals surface area contributed by atoms with E-state index in [1.54, 1.807) is 11.3 Å². The van der Waals surface area contributed by atoms with E-state index in [0.717, 1.165) is 38.4 Å². The van der Waals surface area contributed by atoms with Crippen LogP contribution in [0, 0.1) is 0 Å². The van der Waals surface area contributed by atoms with Crippen molar-refractivity contribution in [3.8, 4) is 11.3 Å². The highest BCUT2D eigenvalue weighted by molar-refractivity contribution is 7.08. The Kier molecular flexibility index (Phi) is 3.69. The smallest absolute Gasteiger partial charge is 0.135 e. The Morgan fingerprint density at radius 3 is 3.08 bits per heavy atom. The fourth-order valence-electron chi connectivity index (χ4n) is 3.96. The van der Waals surface area contributed by atoms with Gasteiger partial charge in [0.15, 0.2) is 0 Å². The van der Waals surface area contributed by atoms with Gasteiger partial charge in [0.05, 0.1) is 18.4 Å². The number of imidazole rings is 1. The van der Waals surface area contributed by atoms with Crippen molar-refractivity contribution in [2.75, 3.05) is 13.1 Å². The SMILES string of the molecule is c1cncc(CN2CC[C@]3(C2)Cn2c(-c4ccsc4)cnc2CO3)c1. The first-order chi connectivity index (χ1) is 12.3. The van der Waals surface area contributed by atoms with Crippen LogP contribution in [-0.4, -0.2) is 38.1 Å². The van der Waals surface area contributed by atoms with Crippen molar-refractivity contribution >= 4 is 11.3 Å². The van der Waals surface area contributed by atoms with Gasteiger partial charge < -0.3 is 9.30 Å². The minimum atomic E-state index is -0.0965. The first-order valence-electron chi connectivity index (χ1n) is 8.64. The van der Waals surface area contributed by atoms with Crippen molar-refractivity contribution < 1.29 is 4.74 Å². The summed E-state index contributed by atoms with van der Waals surface area (Å²) >= 11 is 1.73. The normalized spacial score (nSPS) is 23.2. The van der Waals surface area contributed by atoms with E-state index in [2.05, 4.69) is 42.3 Å². The van der Waals surface area contributed by atoms with Crippen LogP contribution in [0.5, 0.6) is 0 Å². The molecule has 5 heterocycles. The molecule has 2 aliphatic rings. The lowest BCUT2D eigenvalue weighted by molar-refractivity contribution is -0.0821. The highest BCUT2D eigenvalue weighted by Gasteiger charge is 2.43. The first-order valence-corrected chi connectivity index (χ1v) is 9.58. The number of hydrogen-bond acceptors (Lipinski definition) is 5. The Morgan fingerprint density at radius 1 is 1.24 bits per heavy atom. The number of ether oxygens (including phenoxy) is 1. The van der Waals surface area contributed by atoms with E-state index < -0.39 is 0 Å². The molecule has 3 aromatic rings. The standard InChI is InChI=1S/C19H20N4OS/c1-2-15(8-20-5-1)10-22-6-4-19(13-22)14-23-17(16-3-7-25-12-16)9-21-18(23)11-24-19/h1-3,5,7-9,12H,4,6,10-11,13-14H2/t19-/m0/s1. The summed E-state index contributed by atoms with van der Waals surface area (Å²) in [4.78, 5) is 11.3. The van der Waals surface area contributed by atoms with Crippen LogP contribution in [0.1, 0.15) is 17.8 Å². The van der Waals surface area contributed by atoms with Crippen molar-refractivity contribution in [2.24, 2.45) is 0 Å². The zero-order valence-electron chi connectivity index (χ0n) is 14.0. The number of likely N-dealkylation sites (tertiary alicyclic amines) is 1. The predicted molar refractivity (Wildman–Crippen MR) is 97.2 cm³/mol. The maximum Gasteiger partial charge on any atom is 0.135 e. The topological polar surface area (TPSA) is 43.2 Å². The van der Waals surface area contributed by atoms with E-state index in [1.165, 1.54) is 16.8 Å². The van der Waals surface area contributed by atoms with Gasteiger partial charge in [0, 0.05) is 43.0 Å². The first kappa shape index (κ1) is 15.3. The molecule has 1 atom stereocenters. The van der Waals surface area contributed by atoms with Crippen LogP contribution in [0.2, 0.25) is 0 Å². The van der Waals surface area contributed by atoms with Crippen molar-refractivity contribution in [1.29, 1.82) is 0 Å². The lowest BCUT2D eigenvalue weighted by Crippen LogP contribution is -2.44. The number of nitrogens with zero attached hydrogens (tertiary/aromatic N) is 4. The molecule has 128 valence electrons. The second kappa shape index (κ2) is 6.05. The van der Waals surface area contributed by atoms with Crippen LogP contribution in [0.3, 0.4) is 0 Å². The molecule has 0 N–H and O–H groups in total. The van der Waals surface area contributed by atoms with Crippen molar-refractivity contribution in [3.63, 3.8) is 0 Å². The zero-order chi connectivity index (χ0) is 16.7. The van der Waals surface area contributed by atoms with Crippen molar-refractivity contribution in [2.45, 2.75) is 31.7 Å². The monoisotopic (exact) mass is 352 g/mol. The largest absolute Gasteiger partial charge is 0.364 e. The molecule has 25 heavy (non-hydrogen) atoms. The molecule has 0 aliphatic carbocycles. The van der Waals surface area contributed by atoms with Crippen LogP contribution in [0.15, 0.2) is 47.5 Å². The number of thiophene rings is 1. The number of fused-ring (bicyclic) bond motifs is 1. The summed E-state index contributed by atoms with van der Waals surface area (Å²) in [5, 5.41) is 4.31. The Labute approximate surface area is 150 Å². The van der Waals surface area contributed by atoms with Gasteiger partial charge in [0.25, 0.3) is 0 Å². The van der Waals surface area contributed by atoms with E-state index in [1.807, 2.05) is 24.7 Å². The molecular weight excluding hydrogens is 332 g/mol. The lowest BCUT2D eigenvalue weighted by atomic mass is 10.0. The Hall–Kier alpha value is -2.02. The molecule has 0 saturated carbocycles. The zero-order valence-corrected chi connectivity index (χ0v) is 14.8. The third-order valence-electron chi connectivity index (χ3n) is 5.23. The van der Waals surface area contributed by atoms with E-state index in [-0.39, 0.29) is 5.60 Å². The molecule has 0 bridgehead atoms. The molecule has 2 aliphatic heterocycles. The van der Waals surface area contributed by atoms with Gasteiger partial charge >= 0.3 is 0 Å². The Morgan fingerprint density at radius 2 is 2.24 bits per heavy atom. The summed E-state index contributed by atoms with van der Waals surface area (Å²) in [6.45, 7) is 4.45. The maximum atomic E-state index is 6.31. The third kappa shape index (κ3) is 2.80.